The van der Waals surface area contributed by atoms with Gasteiger partial charge in [0.05, 0.1) is 29.5 Å². The number of nitrogen functional groups attached to an aromatic ring is 1. The van der Waals surface area contributed by atoms with Crippen LogP contribution in [0, 0.1) is 5.41 Å². The fourth-order valence-electron chi connectivity index (χ4n) is 4.53. The third-order valence-electron chi connectivity index (χ3n) is 6.57. The van der Waals surface area contributed by atoms with E-state index in [-0.39, 0.29) is 17.6 Å². The molecule has 4 N–H and O–H groups in total. The summed E-state index contributed by atoms with van der Waals surface area (Å²) >= 11 is 14.5. The SMILES string of the molecule is C[C@@H]1OCC2(CCN(c3nc(N)c(Sc4cccc(-c5ncco5)c4Cl)nc3Cl)CC2)[C@@H]1N. The van der Waals surface area contributed by atoms with Crippen LogP contribution < -0.4 is 16.4 Å². The standard InChI is InChI=1S/C22H24Cl2N6O2S/c1-12-16(25)22(11-32-12)5-8-30(9-6-22)19-17(24)28-21(18(26)29-19)33-14-4-2-3-13(15(14)23)20-27-7-10-31-20/h2-4,7,10,12,16H,5-6,8-9,11,25H2,1H3,(H2,26,29)/t12-,16+/m0/s1. The highest BCUT2D eigenvalue weighted by Gasteiger charge is 2.47. The quantitative estimate of drug-likeness (QED) is 0.526. The zero-order valence-corrected chi connectivity index (χ0v) is 20.3. The number of benzene rings is 1. The fourth-order valence-corrected chi connectivity index (χ4v) is 5.99. The first-order valence-corrected chi connectivity index (χ1v) is 12.3. The first-order valence-electron chi connectivity index (χ1n) is 10.7. The van der Waals surface area contributed by atoms with Crippen molar-refractivity contribution >= 4 is 46.6 Å². The summed E-state index contributed by atoms with van der Waals surface area (Å²) in [5.41, 5.74) is 13.4. The van der Waals surface area contributed by atoms with Crippen LogP contribution in [0.1, 0.15) is 19.8 Å². The molecule has 2 aliphatic heterocycles. The zero-order chi connectivity index (χ0) is 23.2. The summed E-state index contributed by atoms with van der Waals surface area (Å²) in [7, 11) is 0. The Morgan fingerprint density at radius 1 is 1.21 bits per heavy atom. The second-order valence-electron chi connectivity index (χ2n) is 8.48. The van der Waals surface area contributed by atoms with Crippen LogP contribution in [0.15, 0.2) is 45.0 Å². The van der Waals surface area contributed by atoms with Crippen molar-refractivity contribution in [2.75, 3.05) is 30.3 Å². The van der Waals surface area contributed by atoms with E-state index in [0.29, 0.717) is 44.9 Å². The summed E-state index contributed by atoms with van der Waals surface area (Å²) in [6.45, 7) is 4.29. The van der Waals surface area contributed by atoms with Gasteiger partial charge in [-0.15, -0.1) is 0 Å². The Balaban J connectivity index is 1.35. The topological polar surface area (TPSA) is 116 Å². The molecule has 1 spiro atoms. The van der Waals surface area contributed by atoms with Crippen molar-refractivity contribution < 1.29 is 9.15 Å². The van der Waals surface area contributed by atoms with Crippen molar-refractivity contribution in [3.05, 3.63) is 40.8 Å². The van der Waals surface area contributed by atoms with E-state index in [1.165, 1.54) is 18.0 Å². The lowest BCUT2D eigenvalue weighted by atomic mass is 9.73. The highest BCUT2D eigenvalue weighted by Crippen LogP contribution is 2.44. The lowest BCUT2D eigenvalue weighted by Gasteiger charge is -2.41. The van der Waals surface area contributed by atoms with Gasteiger partial charge in [0.1, 0.15) is 11.3 Å². The Bertz CT molecular complexity index is 1150. The average Bonchev–Trinajstić information content (AvgIpc) is 3.44. The number of oxazole rings is 1. The molecule has 4 heterocycles. The molecule has 2 aromatic heterocycles. The van der Waals surface area contributed by atoms with E-state index in [0.717, 1.165) is 30.8 Å². The molecule has 174 valence electrons. The lowest BCUT2D eigenvalue weighted by molar-refractivity contribution is 0.0974. The van der Waals surface area contributed by atoms with E-state index in [9.17, 15) is 0 Å². The van der Waals surface area contributed by atoms with Gasteiger partial charge in [-0.3, -0.25) is 0 Å². The molecular formula is C22H24Cl2N6O2S. The van der Waals surface area contributed by atoms with E-state index in [1.807, 2.05) is 25.1 Å². The highest BCUT2D eigenvalue weighted by atomic mass is 35.5. The van der Waals surface area contributed by atoms with Crippen LogP contribution in [0.25, 0.3) is 11.5 Å². The molecule has 11 heteroatoms. The molecule has 3 aromatic rings. The van der Waals surface area contributed by atoms with Crippen LogP contribution in [0.3, 0.4) is 0 Å². The third kappa shape index (κ3) is 4.17. The predicted molar refractivity (Wildman–Crippen MR) is 130 cm³/mol. The van der Waals surface area contributed by atoms with Crippen molar-refractivity contribution in [2.45, 2.75) is 41.8 Å². The van der Waals surface area contributed by atoms with Gasteiger partial charge in [0.15, 0.2) is 16.8 Å². The van der Waals surface area contributed by atoms with Gasteiger partial charge < -0.3 is 25.5 Å². The second kappa shape index (κ2) is 8.96. The maximum Gasteiger partial charge on any atom is 0.227 e. The second-order valence-corrected chi connectivity index (χ2v) is 10.2. The van der Waals surface area contributed by atoms with Gasteiger partial charge in [0.2, 0.25) is 5.89 Å². The zero-order valence-electron chi connectivity index (χ0n) is 18.0. The molecule has 0 amide bonds. The number of anilines is 2. The third-order valence-corrected chi connectivity index (χ3v) is 8.39. The van der Waals surface area contributed by atoms with Gasteiger partial charge in [-0.2, -0.15) is 0 Å². The van der Waals surface area contributed by atoms with Crippen molar-refractivity contribution in [3.8, 4) is 11.5 Å². The molecule has 2 aliphatic rings. The summed E-state index contributed by atoms with van der Waals surface area (Å²) in [4.78, 5) is 16.2. The summed E-state index contributed by atoms with van der Waals surface area (Å²) in [6.07, 6.45) is 4.99. The summed E-state index contributed by atoms with van der Waals surface area (Å²) in [6, 6.07) is 5.63. The molecule has 0 radical (unpaired) electrons. The van der Waals surface area contributed by atoms with Crippen LogP contribution in [0.4, 0.5) is 11.6 Å². The first-order chi connectivity index (χ1) is 15.9. The molecular weight excluding hydrogens is 483 g/mol. The van der Waals surface area contributed by atoms with Gasteiger partial charge in [-0.25, -0.2) is 15.0 Å². The molecule has 0 bridgehead atoms. The summed E-state index contributed by atoms with van der Waals surface area (Å²) < 4.78 is 11.2. The minimum absolute atomic E-state index is 0.0156. The van der Waals surface area contributed by atoms with Crippen LogP contribution in [0.5, 0.6) is 0 Å². The predicted octanol–water partition coefficient (Wildman–Crippen LogP) is 4.50. The Hall–Kier alpha value is -2.04. The molecule has 8 nitrogen and oxygen atoms in total. The molecule has 5 rings (SSSR count). The van der Waals surface area contributed by atoms with Crippen molar-refractivity contribution in [1.82, 2.24) is 15.0 Å². The monoisotopic (exact) mass is 506 g/mol. The van der Waals surface area contributed by atoms with Gasteiger partial charge in [0.25, 0.3) is 0 Å². The van der Waals surface area contributed by atoms with Gasteiger partial charge in [0, 0.05) is 29.4 Å². The minimum atomic E-state index is 0.0156. The Labute approximate surface area is 206 Å². The van der Waals surface area contributed by atoms with Crippen molar-refractivity contribution in [3.63, 3.8) is 0 Å². The average molecular weight is 507 g/mol. The minimum Gasteiger partial charge on any atom is -0.444 e. The Morgan fingerprint density at radius 3 is 2.67 bits per heavy atom. The number of hydrogen-bond donors (Lipinski definition) is 2. The van der Waals surface area contributed by atoms with E-state index in [2.05, 4.69) is 19.9 Å². The molecule has 0 saturated carbocycles. The van der Waals surface area contributed by atoms with E-state index < -0.39 is 0 Å². The molecule has 2 fully saturated rings. The summed E-state index contributed by atoms with van der Waals surface area (Å²) in [5.74, 6) is 1.33. The Morgan fingerprint density at radius 2 is 2.00 bits per heavy atom. The molecule has 2 atom stereocenters. The van der Waals surface area contributed by atoms with Gasteiger partial charge in [-0.1, -0.05) is 41.0 Å². The summed E-state index contributed by atoms with van der Waals surface area (Å²) in [5, 5.41) is 1.30. The lowest BCUT2D eigenvalue weighted by Crippen LogP contribution is -2.50. The van der Waals surface area contributed by atoms with E-state index in [1.54, 1.807) is 6.20 Å². The number of halogens is 2. The normalized spacial score (nSPS) is 22.2. The van der Waals surface area contributed by atoms with Crippen molar-refractivity contribution in [1.29, 1.82) is 0 Å². The number of nitrogens with two attached hydrogens (primary N) is 2. The van der Waals surface area contributed by atoms with Gasteiger partial charge in [-0.05, 0) is 31.9 Å². The Kier molecular flexibility index (Phi) is 6.17. The van der Waals surface area contributed by atoms with Crippen LogP contribution >= 0.6 is 35.0 Å². The van der Waals surface area contributed by atoms with Gasteiger partial charge >= 0.3 is 0 Å². The molecule has 1 aromatic carbocycles. The van der Waals surface area contributed by atoms with Crippen LogP contribution in [-0.4, -0.2) is 46.8 Å². The maximum absolute atomic E-state index is 6.61. The molecule has 33 heavy (non-hydrogen) atoms. The number of hydrogen-bond acceptors (Lipinski definition) is 9. The van der Waals surface area contributed by atoms with Crippen molar-refractivity contribution in [2.24, 2.45) is 11.1 Å². The number of piperidine rings is 1. The maximum atomic E-state index is 6.61. The van der Waals surface area contributed by atoms with Crippen LogP contribution in [-0.2, 0) is 4.74 Å². The number of ether oxygens (including phenoxy) is 1. The first kappa shape index (κ1) is 22.7. The molecule has 0 unspecified atom stereocenters. The van der Waals surface area contributed by atoms with E-state index >= 15 is 0 Å². The highest BCUT2D eigenvalue weighted by molar-refractivity contribution is 7.99. The largest absolute Gasteiger partial charge is 0.444 e. The molecule has 2 saturated heterocycles. The smallest absolute Gasteiger partial charge is 0.227 e. The number of aromatic nitrogens is 3. The number of rotatable bonds is 4. The fraction of sp³-hybridized carbons (Fsp3) is 0.409. The number of nitrogens with zero attached hydrogens (tertiary/aromatic N) is 4. The van der Waals surface area contributed by atoms with E-state index in [4.69, 9.17) is 43.8 Å². The van der Waals surface area contributed by atoms with Crippen LogP contribution in [0.2, 0.25) is 10.2 Å². The molecule has 0 aliphatic carbocycles.